The maximum atomic E-state index is 11.3. The fourth-order valence-corrected chi connectivity index (χ4v) is 1.12. The van der Waals surface area contributed by atoms with Crippen LogP contribution in [0.5, 0.6) is 0 Å². The van der Waals surface area contributed by atoms with E-state index in [2.05, 4.69) is 15.6 Å². The minimum atomic E-state index is 0.0937. The Morgan fingerprint density at radius 3 is 2.92 bits per heavy atom. The molecule has 1 aromatic rings. The van der Waals surface area contributed by atoms with Gasteiger partial charge in [0.05, 0.1) is 5.92 Å². The van der Waals surface area contributed by atoms with Crippen molar-refractivity contribution in [1.82, 2.24) is 10.3 Å². The van der Waals surface area contributed by atoms with Gasteiger partial charge in [-0.15, -0.1) is 0 Å². The lowest BCUT2D eigenvalue weighted by Crippen LogP contribution is -2.48. The van der Waals surface area contributed by atoms with E-state index in [1.54, 1.807) is 6.20 Å². The number of rotatable bonds is 2. The number of amides is 1. The van der Waals surface area contributed by atoms with E-state index in [9.17, 15) is 4.79 Å². The zero-order valence-corrected chi connectivity index (χ0v) is 6.63. The number of carbonyl (C=O) groups excluding carboxylic acids is 1. The molecule has 12 heavy (non-hydrogen) atoms. The summed E-state index contributed by atoms with van der Waals surface area (Å²) < 4.78 is 0. The standard InChI is InChI=1S/C8H11N3O/c12-8(6-4-9-5-6)11-7-2-1-3-10-7/h1-3,6,9-10H,4-5H2,(H,11,12). The molecule has 1 saturated heterocycles. The van der Waals surface area contributed by atoms with Gasteiger partial charge in [-0.3, -0.25) is 4.79 Å². The van der Waals surface area contributed by atoms with Gasteiger partial charge in [0.25, 0.3) is 0 Å². The molecule has 0 spiro atoms. The summed E-state index contributed by atoms with van der Waals surface area (Å²) in [4.78, 5) is 14.2. The highest BCUT2D eigenvalue weighted by Crippen LogP contribution is 2.07. The predicted molar refractivity (Wildman–Crippen MR) is 45.8 cm³/mol. The lowest BCUT2D eigenvalue weighted by molar-refractivity contribution is -0.121. The molecule has 3 N–H and O–H groups in total. The number of hydrogen-bond donors (Lipinski definition) is 3. The largest absolute Gasteiger partial charge is 0.348 e. The van der Waals surface area contributed by atoms with E-state index in [0.717, 1.165) is 18.9 Å². The van der Waals surface area contributed by atoms with Crippen molar-refractivity contribution in [1.29, 1.82) is 0 Å². The van der Waals surface area contributed by atoms with Crippen LogP contribution in [0.2, 0.25) is 0 Å². The number of nitrogens with one attached hydrogen (secondary N) is 3. The molecule has 4 heteroatoms. The van der Waals surface area contributed by atoms with Gasteiger partial charge in [0.2, 0.25) is 5.91 Å². The predicted octanol–water partition coefficient (Wildman–Crippen LogP) is 0.173. The average Bonchev–Trinajstić information content (AvgIpc) is 2.34. The lowest BCUT2D eigenvalue weighted by atomic mass is 10.0. The second-order valence-electron chi connectivity index (χ2n) is 2.93. The molecule has 0 unspecified atom stereocenters. The Morgan fingerprint density at radius 1 is 1.58 bits per heavy atom. The minimum Gasteiger partial charge on any atom is -0.348 e. The van der Waals surface area contributed by atoms with Crippen molar-refractivity contribution in [2.24, 2.45) is 5.92 Å². The van der Waals surface area contributed by atoms with Crippen molar-refractivity contribution in [2.75, 3.05) is 18.4 Å². The quantitative estimate of drug-likeness (QED) is 0.585. The number of aromatic nitrogens is 1. The number of H-pyrrole nitrogens is 1. The first-order valence-corrected chi connectivity index (χ1v) is 4.01. The lowest BCUT2D eigenvalue weighted by Gasteiger charge is -2.25. The smallest absolute Gasteiger partial charge is 0.231 e. The van der Waals surface area contributed by atoms with Gasteiger partial charge in [-0.25, -0.2) is 0 Å². The van der Waals surface area contributed by atoms with Crippen LogP contribution in [0.1, 0.15) is 0 Å². The van der Waals surface area contributed by atoms with Crippen LogP contribution >= 0.6 is 0 Å². The molecule has 1 amide bonds. The molecule has 64 valence electrons. The number of hydrogen-bond acceptors (Lipinski definition) is 2. The molecular formula is C8H11N3O. The molecule has 2 rings (SSSR count). The molecule has 1 aliphatic rings. The van der Waals surface area contributed by atoms with E-state index in [0.29, 0.717) is 0 Å². The van der Waals surface area contributed by atoms with Crippen LogP contribution in [0.3, 0.4) is 0 Å². The summed E-state index contributed by atoms with van der Waals surface area (Å²) in [7, 11) is 0. The molecule has 1 aliphatic heterocycles. The van der Waals surface area contributed by atoms with Crippen molar-refractivity contribution >= 4 is 11.7 Å². The Kier molecular flexibility index (Phi) is 1.83. The van der Waals surface area contributed by atoms with Crippen LogP contribution in [0.15, 0.2) is 18.3 Å². The van der Waals surface area contributed by atoms with Crippen molar-refractivity contribution in [3.63, 3.8) is 0 Å². The molecule has 0 atom stereocenters. The van der Waals surface area contributed by atoms with Gasteiger partial charge < -0.3 is 15.6 Å². The Bertz CT molecular complexity index is 264. The highest BCUT2D eigenvalue weighted by atomic mass is 16.2. The zero-order valence-electron chi connectivity index (χ0n) is 6.63. The molecule has 1 fully saturated rings. The maximum absolute atomic E-state index is 11.3. The van der Waals surface area contributed by atoms with Crippen molar-refractivity contribution in [3.8, 4) is 0 Å². The summed E-state index contributed by atoms with van der Waals surface area (Å²) in [5.41, 5.74) is 0. The van der Waals surface area contributed by atoms with Gasteiger partial charge >= 0.3 is 0 Å². The Hall–Kier alpha value is -1.29. The molecule has 0 aromatic carbocycles. The first-order chi connectivity index (χ1) is 5.86. The SMILES string of the molecule is O=C(Nc1ccc[nH]1)C1CNC1. The summed E-state index contributed by atoms with van der Waals surface area (Å²) >= 11 is 0. The monoisotopic (exact) mass is 165 g/mol. The normalized spacial score (nSPS) is 17.0. The van der Waals surface area contributed by atoms with Crippen molar-refractivity contribution in [2.45, 2.75) is 0 Å². The third-order valence-electron chi connectivity index (χ3n) is 2.01. The molecule has 0 aliphatic carbocycles. The third-order valence-corrected chi connectivity index (χ3v) is 2.01. The highest BCUT2D eigenvalue weighted by Gasteiger charge is 2.24. The van der Waals surface area contributed by atoms with E-state index >= 15 is 0 Å². The second kappa shape index (κ2) is 2.98. The molecule has 1 aromatic heterocycles. The summed E-state index contributed by atoms with van der Waals surface area (Å²) in [5.74, 6) is 1.01. The van der Waals surface area contributed by atoms with Gasteiger partial charge in [0.1, 0.15) is 5.82 Å². The van der Waals surface area contributed by atoms with Crippen LogP contribution < -0.4 is 10.6 Å². The molecule has 0 radical (unpaired) electrons. The number of aromatic amines is 1. The average molecular weight is 165 g/mol. The van der Waals surface area contributed by atoms with Crippen molar-refractivity contribution < 1.29 is 4.79 Å². The van der Waals surface area contributed by atoms with Crippen LogP contribution in [-0.2, 0) is 4.79 Å². The summed E-state index contributed by atoms with van der Waals surface area (Å²) in [6.45, 7) is 1.60. The van der Waals surface area contributed by atoms with E-state index in [-0.39, 0.29) is 11.8 Å². The third kappa shape index (κ3) is 1.33. The first kappa shape index (κ1) is 7.36. The zero-order chi connectivity index (χ0) is 8.39. The highest BCUT2D eigenvalue weighted by molar-refractivity contribution is 5.92. The Morgan fingerprint density at radius 2 is 2.42 bits per heavy atom. The van der Waals surface area contributed by atoms with E-state index in [1.165, 1.54) is 0 Å². The van der Waals surface area contributed by atoms with Crippen molar-refractivity contribution in [3.05, 3.63) is 18.3 Å². The van der Waals surface area contributed by atoms with E-state index in [1.807, 2.05) is 12.1 Å². The van der Waals surface area contributed by atoms with Gasteiger partial charge in [0, 0.05) is 19.3 Å². The Labute approximate surface area is 70.4 Å². The van der Waals surface area contributed by atoms with Gasteiger partial charge in [0.15, 0.2) is 0 Å². The van der Waals surface area contributed by atoms with Crippen LogP contribution in [0.25, 0.3) is 0 Å². The van der Waals surface area contributed by atoms with E-state index in [4.69, 9.17) is 0 Å². The van der Waals surface area contributed by atoms with Gasteiger partial charge in [-0.2, -0.15) is 0 Å². The topological polar surface area (TPSA) is 56.9 Å². The van der Waals surface area contributed by atoms with E-state index < -0.39 is 0 Å². The molecule has 4 nitrogen and oxygen atoms in total. The van der Waals surface area contributed by atoms with Crippen LogP contribution in [-0.4, -0.2) is 24.0 Å². The van der Waals surface area contributed by atoms with Gasteiger partial charge in [-0.1, -0.05) is 0 Å². The minimum absolute atomic E-state index is 0.0937. The summed E-state index contributed by atoms with van der Waals surface area (Å²) in [6.07, 6.45) is 1.79. The van der Waals surface area contributed by atoms with Crippen LogP contribution in [0, 0.1) is 5.92 Å². The summed E-state index contributed by atoms with van der Waals surface area (Å²) in [5, 5.41) is 5.84. The molecule has 0 bridgehead atoms. The molecular weight excluding hydrogens is 154 g/mol. The summed E-state index contributed by atoms with van der Waals surface area (Å²) in [6, 6.07) is 3.69. The molecule has 0 saturated carbocycles. The fraction of sp³-hybridized carbons (Fsp3) is 0.375. The fourth-order valence-electron chi connectivity index (χ4n) is 1.12. The Balaban J connectivity index is 1.90. The number of carbonyl (C=O) groups is 1. The van der Waals surface area contributed by atoms with Crippen LogP contribution in [0.4, 0.5) is 5.82 Å². The molecule has 2 heterocycles. The maximum Gasteiger partial charge on any atom is 0.231 e. The number of anilines is 1. The van der Waals surface area contributed by atoms with Gasteiger partial charge in [-0.05, 0) is 12.1 Å². The first-order valence-electron chi connectivity index (χ1n) is 4.01. The second-order valence-corrected chi connectivity index (χ2v) is 2.93.